The molecule has 21 heavy (non-hydrogen) atoms. The summed E-state index contributed by atoms with van der Waals surface area (Å²) >= 11 is 0. The van der Waals surface area contributed by atoms with Crippen LogP contribution >= 0.6 is 0 Å². The van der Waals surface area contributed by atoms with Crippen molar-refractivity contribution in [2.75, 3.05) is 0 Å². The zero-order valence-electron chi connectivity index (χ0n) is 11.1. The number of guanidine groups is 1. The van der Waals surface area contributed by atoms with Crippen molar-refractivity contribution in [3.8, 4) is 11.1 Å². The second-order valence-corrected chi connectivity index (χ2v) is 4.24. The van der Waals surface area contributed by atoms with Gasteiger partial charge >= 0.3 is 5.97 Å². The Morgan fingerprint density at radius 1 is 1.10 bits per heavy atom. The maximum absolute atomic E-state index is 11.0. The van der Waals surface area contributed by atoms with E-state index in [4.69, 9.17) is 16.6 Å². The molecule has 0 aliphatic rings. The van der Waals surface area contributed by atoms with E-state index in [1.54, 1.807) is 18.2 Å². The first-order valence-corrected chi connectivity index (χ1v) is 6.12. The van der Waals surface area contributed by atoms with Crippen LogP contribution in [0.2, 0.25) is 0 Å². The van der Waals surface area contributed by atoms with Crippen LogP contribution in [-0.4, -0.2) is 23.2 Å². The molecule has 0 spiro atoms. The van der Waals surface area contributed by atoms with Gasteiger partial charge in [0.15, 0.2) is 0 Å². The Labute approximate surface area is 121 Å². The molecule has 0 saturated carbocycles. The minimum Gasteiger partial charge on any atom is -0.478 e. The predicted octanol–water partition coefficient (Wildman–Crippen LogP) is 1.66. The van der Waals surface area contributed by atoms with Gasteiger partial charge in [0.1, 0.15) is 0 Å². The summed E-state index contributed by atoms with van der Waals surface area (Å²) in [6.45, 7) is 0. The van der Waals surface area contributed by atoms with E-state index >= 15 is 0 Å². The van der Waals surface area contributed by atoms with Gasteiger partial charge in [-0.05, 0) is 23.3 Å². The molecule has 0 bridgehead atoms. The summed E-state index contributed by atoms with van der Waals surface area (Å²) in [6, 6.07) is 14.1. The molecular formula is C15H14N4O2. The number of carbonyl (C=O) groups is 1. The lowest BCUT2D eigenvalue weighted by Gasteiger charge is -2.06. The lowest BCUT2D eigenvalue weighted by molar-refractivity contribution is 0.0697. The number of hydrogen-bond donors (Lipinski definition) is 3. The van der Waals surface area contributed by atoms with Crippen LogP contribution in [0.15, 0.2) is 58.7 Å². The van der Waals surface area contributed by atoms with E-state index < -0.39 is 5.97 Å². The SMILES string of the molecule is NC(N)=NN=Cc1ccccc1-c1cccc(C(=O)O)c1. The highest BCUT2D eigenvalue weighted by molar-refractivity contribution is 5.93. The number of nitrogens with zero attached hydrogens (tertiary/aromatic N) is 2. The van der Waals surface area contributed by atoms with Gasteiger partial charge in [-0.15, -0.1) is 5.10 Å². The highest BCUT2D eigenvalue weighted by Gasteiger charge is 2.07. The molecule has 0 atom stereocenters. The molecule has 106 valence electrons. The van der Waals surface area contributed by atoms with Gasteiger partial charge in [-0.1, -0.05) is 36.4 Å². The smallest absolute Gasteiger partial charge is 0.335 e. The van der Waals surface area contributed by atoms with E-state index in [0.717, 1.165) is 16.7 Å². The van der Waals surface area contributed by atoms with Crippen LogP contribution in [0.1, 0.15) is 15.9 Å². The molecule has 0 amide bonds. The van der Waals surface area contributed by atoms with Crippen molar-refractivity contribution >= 4 is 18.1 Å². The largest absolute Gasteiger partial charge is 0.478 e. The molecule has 2 rings (SSSR count). The molecule has 0 saturated heterocycles. The molecule has 0 aromatic heterocycles. The Morgan fingerprint density at radius 2 is 1.86 bits per heavy atom. The zero-order chi connectivity index (χ0) is 15.2. The quantitative estimate of drug-likeness (QED) is 0.449. The van der Waals surface area contributed by atoms with E-state index in [1.807, 2.05) is 30.3 Å². The molecular weight excluding hydrogens is 268 g/mol. The van der Waals surface area contributed by atoms with E-state index in [-0.39, 0.29) is 11.5 Å². The van der Waals surface area contributed by atoms with Gasteiger partial charge in [0.2, 0.25) is 5.96 Å². The van der Waals surface area contributed by atoms with Crippen LogP contribution in [0.3, 0.4) is 0 Å². The topological polar surface area (TPSA) is 114 Å². The third-order valence-electron chi connectivity index (χ3n) is 2.75. The maximum Gasteiger partial charge on any atom is 0.335 e. The van der Waals surface area contributed by atoms with E-state index in [2.05, 4.69) is 10.2 Å². The van der Waals surface area contributed by atoms with Crippen molar-refractivity contribution in [1.29, 1.82) is 0 Å². The Morgan fingerprint density at radius 3 is 2.57 bits per heavy atom. The minimum atomic E-state index is -0.969. The van der Waals surface area contributed by atoms with E-state index in [0.29, 0.717) is 0 Å². The van der Waals surface area contributed by atoms with Gasteiger partial charge in [-0.2, -0.15) is 5.10 Å². The molecule has 0 fully saturated rings. The molecule has 6 heteroatoms. The fourth-order valence-corrected chi connectivity index (χ4v) is 1.85. The van der Waals surface area contributed by atoms with Gasteiger partial charge in [-0.25, -0.2) is 4.79 Å². The minimum absolute atomic E-state index is 0.128. The Kier molecular flexibility index (Phi) is 4.30. The summed E-state index contributed by atoms with van der Waals surface area (Å²) < 4.78 is 0. The van der Waals surface area contributed by atoms with Crippen LogP contribution in [-0.2, 0) is 0 Å². The van der Waals surface area contributed by atoms with Gasteiger partial charge < -0.3 is 16.6 Å². The normalized spacial score (nSPS) is 10.5. The molecule has 0 radical (unpaired) electrons. The Bertz CT molecular complexity index is 719. The van der Waals surface area contributed by atoms with Crippen molar-refractivity contribution in [2.24, 2.45) is 21.7 Å². The van der Waals surface area contributed by atoms with Gasteiger partial charge in [0.25, 0.3) is 0 Å². The molecule has 5 N–H and O–H groups in total. The second kappa shape index (κ2) is 6.33. The summed E-state index contributed by atoms with van der Waals surface area (Å²) in [6.07, 6.45) is 1.52. The van der Waals surface area contributed by atoms with E-state index in [1.165, 1.54) is 6.21 Å². The summed E-state index contributed by atoms with van der Waals surface area (Å²) in [7, 11) is 0. The summed E-state index contributed by atoms with van der Waals surface area (Å²) in [5, 5.41) is 16.4. The van der Waals surface area contributed by atoms with Crippen LogP contribution in [0, 0.1) is 0 Å². The average Bonchev–Trinajstić information content (AvgIpc) is 2.47. The summed E-state index contributed by atoms with van der Waals surface area (Å²) in [4.78, 5) is 11.0. The zero-order valence-corrected chi connectivity index (χ0v) is 11.1. The summed E-state index contributed by atoms with van der Waals surface area (Å²) in [5.74, 6) is -1.10. The van der Waals surface area contributed by atoms with Crippen molar-refractivity contribution in [2.45, 2.75) is 0 Å². The highest BCUT2D eigenvalue weighted by atomic mass is 16.4. The first kappa shape index (κ1) is 14.3. The Balaban J connectivity index is 2.45. The highest BCUT2D eigenvalue weighted by Crippen LogP contribution is 2.23. The first-order chi connectivity index (χ1) is 10.1. The molecule has 0 heterocycles. The van der Waals surface area contributed by atoms with Gasteiger partial charge in [0.05, 0.1) is 11.8 Å². The molecule has 6 nitrogen and oxygen atoms in total. The molecule has 0 aliphatic carbocycles. The van der Waals surface area contributed by atoms with Crippen LogP contribution in [0.25, 0.3) is 11.1 Å². The number of aromatic carboxylic acids is 1. The second-order valence-electron chi connectivity index (χ2n) is 4.24. The monoisotopic (exact) mass is 282 g/mol. The molecule has 2 aromatic carbocycles. The fraction of sp³-hybridized carbons (Fsp3) is 0. The van der Waals surface area contributed by atoms with E-state index in [9.17, 15) is 4.79 Å². The molecule has 0 unspecified atom stereocenters. The van der Waals surface area contributed by atoms with Crippen LogP contribution in [0.5, 0.6) is 0 Å². The third kappa shape index (κ3) is 3.66. The van der Waals surface area contributed by atoms with Gasteiger partial charge in [-0.3, -0.25) is 0 Å². The van der Waals surface area contributed by atoms with Crippen molar-refractivity contribution < 1.29 is 9.90 Å². The van der Waals surface area contributed by atoms with Gasteiger partial charge in [0, 0.05) is 5.56 Å². The Hall–Kier alpha value is -3.15. The number of carboxylic acids is 1. The fourth-order valence-electron chi connectivity index (χ4n) is 1.85. The molecule has 2 aromatic rings. The number of carboxylic acid groups (broad SMARTS) is 1. The lowest BCUT2D eigenvalue weighted by Crippen LogP contribution is -2.21. The van der Waals surface area contributed by atoms with Crippen molar-refractivity contribution in [3.63, 3.8) is 0 Å². The average molecular weight is 282 g/mol. The molecule has 0 aliphatic heterocycles. The first-order valence-electron chi connectivity index (χ1n) is 6.12. The van der Waals surface area contributed by atoms with Crippen LogP contribution < -0.4 is 11.5 Å². The lowest BCUT2D eigenvalue weighted by atomic mass is 9.99. The third-order valence-corrected chi connectivity index (χ3v) is 2.75. The number of hydrogen-bond acceptors (Lipinski definition) is 3. The van der Waals surface area contributed by atoms with Crippen LogP contribution in [0.4, 0.5) is 0 Å². The standard InChI is InChI=1S/C15H14N4O2/c16-15(17)19-18-9-12-4-1-2-7-13(12)10-5-3-6-11(8-10)14(20)21/h1-9H,(H,20,21)(H4,16,17,19). The maximum atomic E-state index is 11.0. The van der Waals surface area contributed by atoms with Crippen molar-refractivity contribution in [1.82, 2.24) is 0 Å². The number of rotatable bonds is 4. The summed E-state index contributed by atoms with van der Waals surface area (Å²) in [5.41, 5.74) is 13.0. The van der Waals surface area contributed by atoms with Crippen molar-refractivity contribution in [3.05, 3.63) is 59.7 Å². The number of benzene rings is 2. The predicted molar refractivity (Wildman–Crippen MR) is 82.2 cm³/mol. The number of nitrogens with two attached hydrogens (primary N) is 2.